The van der Waals surface area contributed by atoms with Crippen molar-refractivity contribution in [2.75, 3.05) is 7.11 Å². The van der Waals surface area contributed by atoms with E-state index in [9.17, 15) is 4.79 Å². The van der Waals surface area contributed by atoms with E-state index in [1.807, 2.05) is 0 Å². The molecule has 0 atom stereocenters. The van der Waals surface area contributed by atoms with Gasteiger partial charge in [0.05, 0.1) is 13.2 Å². The lowest BCUT2D eigenvalue weighted by molar-refractivity contribution is -0.131. The van der Waals surface area contributed by atoms with Crippen molar-refractivity contribution < 1.29 is 14.6 Å². The van der Waals surface area contributed by atoms with Crippen LogP contribution in [0.5, 0.6) is 0 Å². The van der Waals surface area contributed by atoms with Crippen LogP contribution in [0, 0.1) is 0 Å². The monoisotopic (exact) mass is 128 g/mol. The van der Waals surface area contributed by atoms with Crippen LogP contribution in [0.4, 0.5) is 0 Å². The van der Waals surface area contributed by atoms with Crippen molar-refractivity contribution in [1.82, 2.24) is 0 Å². The molecule has 0 bridgehead atoms. The highest BCUT2D eigenvalue weighted by molar-refractivity contribution is 5.80. The number of carbonyl (C=O) groups is 1. The van der Waals surface area contributed by atoms with Gasteiger partial charge in [-0.15, -0.1) is 0 Å². The molecule has 0 rings (SSSR count). The van der Waals surface area contributed by atoms with E-state index in [0.29, 0.717) is 0 Å². The molecule has 0 amide bonds. The summed E-state index contributed by atoms with van der Waals surface area (Å²) >= 11 is 0. The van der Waals surface area contributed by atoms with Gasteiger partial charge in [-0.1, -0.05) is 6.58 Å². The van der Waals surface area contributed by atoms with Gasteiger partial charge in [0, 0.05) is 0 Å². The van der Waals surface area contributed by atoms with Gasteiger partial charge in [-0.05, 0) is 6.08 Å². The van der Waals surface area contributed by atoms with E-state index >= 15 is 0 Å². The summed E-state index contributed by atoms with van der Waals surface area (Å²) in [4.78, 5) is 9.92. The van der Waals surface area contributed by atoms with Gasteiger partial charge in [0.25, 0.3) is 0 Å². The van der Waals surface area contributed by atoms with Crippen LogP contribution >= 0.6 is 0 Å². The van der Waals surface area contributed by atoms with Crippen molar-refractivity contribution in [3.63, 3.8) is 0 Å². The summed E-state index contributed by atoms with van der Waals surface area (Å²) in [5.74, 6) is -0.783. The number of carboxylic acid groups (broad SMARTS) is 1. The van der Waals surface area contributed by atoms with Crippen LogP contribution < -0.4 is 0 Å². The smallest absolute Gasteiger partial charge is 0.332 e. The van der Waals surface area contributed by atoms with Gasteiger partial charge in [0.15, 0.2) is 0 Å². The molecule has 3 nitrogen and oxygen atoms in total. The van der Waals surface area contributed by atoms with E-state index in [-0.39, 0.29) is 5.76 Å². The Morgan fingerprint density at radius 3 is 2.44 bits per heavy atom. The van der Waals surface area contributed by atoms with E-state index in [2.05, 4.69) is 11.3 Å². The Balaban J connectivity index is 4.07. The molecule has 0 unspecified atom stereocenters. The summed E-state index contributed by atoms with van der Waals surface area (Å²) in [6, 6.07) is 0. The van der Waals surface area contributed by atoms with Gasteiger partial charge in [-0.25, -0.2) is 4.79 Å². The number of hydrogen-bond acceptors (Lipinski definition) is 2. The van der Waals surface area contributed by atoms with E-state index in [0.717, 1.165) is 6.08 Å². The molecule has 9 heavy (non-hydrogen) atoms. The van der Waals surface area contributed by atoms with Crippen LogP contribution in [0.2, 0.25) is 0 Å². The fourth-order valence-corrected chi connectivity index (χ4v) is 0.323. The molecule has 0 aliphatic carbocycles. The number of ether oxygens (including phenoxy) is 1. The average molecular weight is 128 g/mol. The summed E-state index contributed by atoms with van der Waals surface area (Å²) in [6.45, 7) is 3.33. The molecule has 0 saturated carbocycles. The van der Waals surface area contributed by atoms with Gasteiger partial charge in [-0.3, -0.25) is 0 Å². The maximum atomic E-state index is 9.92. The number of carboxylic acids is 1. The van der Waals surface area contributed by atoms with Crippen LogP contribution in [0.3, 0.4) is 0 Å². The Kier molecular flexibility index (Phi) is 3.20. The fourth-order valence-electron chi connectivity index (χ4n) is 0.323. The topological polar surface area (TPSA) is 46.5 Å². The second-order valence-electron chi connectivity index (χ2n) is 1.29. The van der Waals surface area contributed by atoms with Gasteiger partial charge in [-0.2, -0.15) is 0 Å². The molecule has 0 aliphatic rings. The highest BCUT2D eigenvalue weighted by atomic mass is 16.5. The second-order valence-corrected chi connectivity index (χ2v) is 1.29. The molecule has 0 heterocycles. The first-order valence-corrected chi connectivity index (χ1v) is 2.31. The molecule has 0 aromatic heterocycles. The third-order valence-corrected chi connectivity index (χ3v) is 0.703. The Morgan fingerprint density at radius 2 is 2.33 bits per heavy atom. The summed E-state index contributed by atoms with van der Waals surface area (Å²) in [5.41, 5.74) is 0. The SMILES string of the molecule is C=C/C(=C\C(=O)O)OC. The molecule has 0 aromatic carbocycles. The van der Waals surface area contributed by atoms with Crippen molar-refractivity contribution in [1.29, 1.82) is 0 Å². The van der Waals surface area contributed by atoms with E-state index < -0.39 is 5.97 Å². The quantitative estimate of drug-likeness (QED) is 0.347. The number of methoxy groups -OCH3 is 1. The number of hydrogen-bond donors (Lipinski definition) is 1. The third kappa shape index (κ3) is 3.34. The zero-order valence-corrected chi connectivity index (χ0v) is 5.13. The van der Waals surface area contributed by atoms with E-state index in [1.54, 1.807) is 0 Å². The predicted molar refractivity (Wildman–Crippen MR) is 32.9 cm³/mol. The van der Waals surface area contributed by atoms with Gasteiger partial charge in [0.2, 0.25) is 0 Å². The van der Waals surface area contributed by atoms with Gasteiger partial charge >= 0.3 is 5.97 Å². The Bertz CT molecular complexity index is 146. The van der Waals surface area contributed by atoms with E-state index in [4.69, 9.17) is 5.11 Å². The molecule has 0 aromatic rings. The van der Waals surface area contributed by atoms with E-state index in [1.165, 1.54) is 13.2 Å². The van der Waals surface area contributed by atoms with Crippen molar-refractivity contribution in [3.8, 4) is 0 Å². The average Bonchev–Trinajstić information content (AvgIpc) is 1.82. The summed E-state index contributed by atoms with van der Waals surface area (Å²) in [7, 11) is 1.39. The normalized spacial score (nSPS) is 10.6. The molecule has 0 radical (unpaired) electrons. The van der Waals surface area contributed by atoms with Crippen LogP contribution in [0.25, 0.3) is 0 Å². The lowest BCUT2D eigenvalue weighted by atomic mass is 10.4. The number of allylic oxidation sites excluding steroid dienone is 1. The molecule has 3 heteroatoms. The summed E-state index contributed by atoms with van der Waals surface area (Å²) in [5, 5.41) is 8.14. The van der Waals surface area contributed by atoms with Gasteiger partial charge in [0.1, 0.15) is 5.76 Å². The van der Waals surface area contributed by atoms with Crippen LogP contribution in [0.1, 0.15) is 0 Å². The Morgan fingerprint density at radius 1 is 1.78 bits per heavy atom. The van der Waals surface area contributed by atoms with Crippen LogP contribution in [-0.2, 0) is 9.53 Å². The van der Waals surface area contributed by atoms with Crippen molar-refractivity contribution >= 4 is 5.97 Å². The molecule has 0 aliphatic heterocycles. The number of aliphatic carboxylic acids is 1. The Labute approximate surface area is 53.3 Å². The molecular formula is C6H8O3. The third-order valence-electron chi connectivity index (χ3n) is 0.703. The first kappa shape index (κ1) is 7.75. The lowest BCUT2D eigenvalue weighted by Gasteiger charge is -1.94. The van der Waals surface area contributed by atoms with Crippen molar-refractivity contribution in [3.05, 3.63) is 24.5 Å². The van der Waals surface area contributed by atoms with Crippen molar-refractivity contribution in [2.24, 2.45) is 0 Å². The van der Waals surface area contributed by atoms with Gasteiger partial charge < -0.3 is 9.84 Å². The van der Waals surface area contributed by atoms with Crippen LogP contribution in [0.15, 0.2) is 24.5 Å². The molecule has 50 valence electrons. The molecule has 0 spiro atoms. The minimum atomic E-state index is -1.04. The minimum Gasteiger partial charge on any atom is -0.497 e. The first-order chi connectivity index (χ1) is 4.20. The molecule has 0 fully saturated rings. The Hall–Kier alpha value is -1.25. The maximum Gasteiger partial charge on any atom is 0.332 e. The van der Waals surface area contributed by atoms with Crippen LogP contribution in [-0.4, -0.2) is 18.2 Å². The molecule has 1 N–H and O–H groups in total. The zero-order chi connectivity index (χ0) is 7.28. The van der Waals surface area contributed by atoms with Crippen molar-refractivity contribution in [2.45, 2.75) is 0 Å². The first-order valence-electron chi connectivity index (χ1n) is 2.31. The standard InChI is InChI=1S/C6H8O3/c1-3-5(9-2)4-6(7)8/h3-4H,1H2,2H3,(H,7,8)/b5-4+. The predicted octanol–water partition coefficient (Wildman–Crippen LogP) is 0.787. The fraction of sp³-hybridized carbons (Fsp3) is 0.167. The highest BCUT2D eigenvalue weighted by Crippen LogP contribution is 1.93. The summed E-state index contributed by atoms with van der Waals surface area (Å²) < 4.78 is 4.57. The lowest BCUT2D eigenvalue weighted by Crippen LogP contribution is -1.91. The second kappa shape index (κ2) is 3.72. The largest absolute Gasteiger partial charge is 0.497 e. The molecule has 0 saturated heterocycles. The molecular weight excluding hydrogens is 120 g/mol. The highest BCUT2D eigenvalue weighted by Gasteiger charge is 1.91. The number of rotatable bonds is 3. The zero-order valence-electron chi connectivity index (χ0n) is 5.13. The minimum absolute atomic E-state index is 0.252. The summed E-state index contributed by atoms with van der Waals surface area (Å²) in [6.07, 6.45) is 2.26. The maximum absolute atomic E-state index is 9.92.